The molecule has 1 amide bonds. The number of anilines is 1. The van der Waals surface area contributed by atoms with E-state index in [-0.39, 0.29) is 6.10 Å². The van der Waals surface area contributed by atoms with Crippen LogP contribution in [-0.2, 0) is 16.6 Å². The van der Waals surface area contributed by atoms with E-state index in [9.17, 15) is 9.59 Å². The summed E-state index contributed by atoms with van der Waals surface area (Å²) in [4.78, 5) is 24.5. The minimum absolute atomic E-state index is 0.0518. The van der Waals surface area contributed by atoms with Gasteiger partial charge in [-0.15, -0.1) is 0 Å². The van der Waals surface area contributed by atoms with Crippen LogP contribution in [0.25, 0.3) is 0 Å². The molecule has 2 rings (SSSR count). The van der Waals surface area contributed by atoms with Gasteiger partial charge in [0.1, 0.15) is 5.75 Å². The van der Waals surface area contributed by atoms with Crippen LogP contribution in [0.2, 0.25) is 0 Å². The Labute approximate surface area is 153 Å². The number of esters is 1. The van der Waals surface area contributed by atoms with Crippen molar-refractivity contribution in [1.82, 2.24) is 9.78 Å². The standard InChI is InChI=1S/C19H25N3O4/c1-11(2)25-16-9-7-15(8-10-16)19(24)26-14(5)18(23)20-17-12(3)21-22(6)13(17)4/h7-11,14H,1-6H3,(H,20,23)/t14-/m0/s1. The summed E-state index contributed by atoms with van der Waals surface area (Å²) in [5, 5.41) is 7.01. The molecule has 0 spiro atoms. The van der Waals surface area contributed by atoms with Gasteiger partial charge in [0.05, 0.1) is 28.7 Å². The topological polar surface area (TPSA) is 82.5 Å². The Bertz CT molecular complexity index is 794. The maximum Gasteiger partial charge on any atom is 0.338 e. The normalized spacial score (nSPS) is 12.0. The van der Waals surface area contributed by atoms with Crippen LogP contribution in [0.1, 0.15) is 42.5 Å². The Kier molecular flexibility index (Phi) is 6.02. The van der Waals surface area contributed by atoms with Crippen molar-refractivity contribution >= 4 is 17.6 Å². The van der Waals surface area contributed by atoms with E-state index in [1.807, 2.05) is 20.8 Å². The Morgan fingerprint density at radius 2 is 1.73 bits per heavy atom. The third-order valence-electron chi connectivity index (χ3n) is 3.87. The van der Waals surface area contributed by atoms with Crippen molar-refractivity contribution in [2.24, 2.45) is 7.05 Å². The van der Waals surface area contributed by atoms with Crippen LogP contribution >= 0.6 is 0 Å². The number of ether oxygens (including phenoxy) is 2. The summed E-state index contributed by atoms with van der Waals surface area (Å²) in [5.74, 6) is -0.300. The summed E-state index contributed by atoms with van der Waals surface area (Å²) in [6.45, 7) is 9.04. The van der Waals surface area contributed by atoms with Crippen LogP contribution in [0, 0.1) is 13.8 Å². The van der Waals surface area contributed by atoms with E-state index in [1.165, 1.54) is 6.92 Å². The molecule has 1 aromatic carbocycles. The number of aromatic nitrogens is 2. The number of rotatable bonds is 6. The van der Waals surface area contributed by atoms with Crippen molar-refractivity contribution in [2.45, 2.75) is 46.8 Å². The summed E-state index contributed by atoms with van der Waals surface area (Å²) in [7, 11) is 1.80. The molecular formula is C19H25N3O4. The van der Waals surface area contributed by atoms with Gasteiger partial charge in [0.2, 0.25) is 0 Å². The molecule has 0 fully saturated rings. The Morgan fingerprint density at radius 3 is 2.23 bits per heavy atom. The van der Waals surface area contributed by atoms with E-state index in [1.54, 1.807) is 42.9 Å². The van der Waals surface area contributed by atoms with Gasteiger partial charge in [0.15, 0.2) is 6.10 Å². The fourth-order valence-corrected chi connectivity index (χ4v) is 2.40. The molecule has 140 valence electrons. The number of benzene rings is 1. The average Bonchev–Trinajstić information content (AvgIpc) is 2.81. The number of hydrogen-bond acceptors (Lipinski definition) is 5. The number of aryl methyl sites for hydroxylation is 2. The lowest BCUT2D eigenvalue weighted by atomic mass is 10.2. The minimum atomic E-state index is -0.937. The molecule has 0 aliphatic heterocycles. The molecule has 0 unspecified atom stereocenters. The highest BCUT2D eigenvalue weighted by Crippen LogP contribution is 2.19. The zero-order chi connectivity index (χ0) is 19.4. The first kappa shape index (κ1) is 19.5. The van der Waals surface area contributed by atoms with Crippen molar-refractivity contribution in [3.63, 3.8) is 0 Å². The largest absolute Gasteiger partial charge is 0.491 e. The molecule has 26 heavy (non-hydrogen) atoms. The lowest BCUT2D eigenvalue weighted by molar-refractivity contribution is -0.123. The van der Waals surface area contributed by atoms with Gasteiger partial charge < -0.3 is 14.8 Å². The van der Waals surface area contributed by atoms with Crippen LogP contribution in [0.5, 0.6) is 5.75 Å². The lowest BCUT2D eigenvalue weighted by Crippen LogP contribution is -2.30. The molecule has 0 saturated carbocycles. The summed E-state index contributed by atoms with van der Waals surface area (Å²) in [5.41, 5.74) is 2.53. The Morgan fingerprint density at radius 1 is 1.12 bits per heavy atom. The molecule has 7 nitrogen and oxygen atoms in total. The minimum Gasteiger partial charge on any atom is -0.491 e. The number of nitrogens with one attached hydrogen (secondary N) is 1. The maximum absolute atomic E-state index is 12.3. The highest BCUT2D eigenvalue weighted by molar-refractivity contribution is 5.98. The molecule has 1 N–H and O–H groups in total. The molecule has 1 heterocycles. The van der Waals surface area contributed by atoms with Gasteiger partial charge >= 0.3 is 5.97 Å². The van der Waals surface area contributed by atoms with E-state index in [0.29, 0.717) is 22.7 Å². The smallest absolute Gasteiger partial charge is 0.338 e. The van der Waals surface area contributed by atoms with Crippen molar-refractivity contribution in [3.8, 4) is 5.75 Å². The second kappa shape index (κ2) is 8.03. The van der Waals surface area contributed by atoms with Crippen LogP contribution in [0.15, 0.2) is 24.3 Å². The summed E-state index contributed by atoms with van der Waals surface area (Å²) >= 11 is 0. The van der Waals surface area contributed by atoms with Gasteiger partial charge in [-0.1, -0.05) is 0 Å². The first-order valence-corrected chi connectivity index (χ1v) is 8.47. The average molecular weight is 359 g/mol. The summed E-state index contributed by atoms with van der Waals surface area (Å²) in [6.07, 6.45) is -0.885. The van der Waals surface area contributed by atoms with Crippen molar-refractivity contribution in [3.05, 3.63) is 41.2 Å². The fraction of sp³-hybridized carbons (Fsp3) is 0.421. The third-order valence-corrected chi connectivity index (χ3v) is 3.87. The van der Waals surface area contributed by atoms with E-state index in [2.05, 4.69) is 10.4 Å². The second-order valence-corrected chi connectivity index (χ2v) is 6.40. The molecule has 0 aliphatic carbocycles. The highest BCUT2D eigenvalue weighted by Gasteiger charge is 2.21. The molecule has 1 aromatic heterocycles. The van der Waals surface area contributed by atoms with Crippen molar-refractivity contribution in [1.29, 1.82) is 0 Å². The molecule has 0 saturated heterocycles. The molecule has 7 heteroatoms. The molecular weight excluding hydrogens is 334 g/mol. The molecule has 0 bridgehead atoms. The first-order valence-electron chi connectivity index (χ1n) is 8.47. The van der Waals surface area contributed by atoms with E-state index in [4.69, 9.17) is 9.47 Å². The van der Waals surface area contributed by atoms with Crippen LogP contribution in [0.4, 0.5) is 5.69 Å². The van der Waals surface area contributed by atoms with E-state index < -0.39 is 18.0 Å². The molecule has 1 atom stereocenters. The fourth-order valence-electron chi connectivity index (χ4n) is 2.40. The maximum atomic E-state index is 12.3. The highest BCUT2D eigenvalue weighted by atomic mass is 16.5. The first-order chi connectivity index (χ1) is 12.2. The molecule has 0 radical (unpaired) electrons. The van der Waals surface area contributed by atoms with Crippen LogP contribution in [0.3, 0.4) is 0 Å². The number of hydrogen-bond donors (Lipinski definition) is 1. The number of carbonyl (C=O) groups is 2. The van der Waals surface area contributed by atoms with Crippen LogP contribution < -0.4 is 10.1 Å². The predicted octanol–water partition coefficient (Wildman–Crippen LogP) is 3.01. The SMILES string of the molecule is Cc1nn(C)c(C)c1NC(=O)[C@H](C)OC(=O)c1ccc(OC(C)C)cc1. The van der Waals surface area contributed by atoms with Gasteiger partial charge in [-0.2, -0.15) is 5.10 Å². The predicted molar refractivity (Wildman–Crippen MR) is 98.4 cm³/mol. The number of carbonyl (C=O) groups excluding carboxylic acids is 2. The van der Waals surface area contributed by atoms with Crippen molar-refractivity contribution < 1.29 is 19.1 Å². The lowest BCUT2D eigenvalue weighted by Gasteiger charge is -2.14. The monoisotopic (exact) mass is 359 g/mol. The molecule has 0 aliphatic rings. The molecule has 2 aromatic rings. The zero-order valence-corrected chi connectivity index (χ0v) is 16.0. The van der Waals surface area contributed by atoms with E-state index >= 15 is 0 Å². The van der Waals surface area contributed by atoms with E-state index in [0.717, 1.165) is 5.69 Å². The second-order valence-electron chi connectivity index (χ2n) is 6.40. The third kappa shape index (κ3) is 4.62. The van der Waals surface area contributed by atoms with Gasteiger partial charge in [-0.25, -0.2) is 4.79 Å². The van der Waals surface area contributed by atoms with Gasteiger partial charge in [0.25, 0.3) is 5.91 Å². The van der Waals surface area contributed by atoms with Gasteiger partial charge in [-0.05, 0) is 58.9 Å². The Balaban J connectivity index is 1.98. The summed E-state index contributed by atoms with van der Waals surface area (Å²) in [6, 6.07) is 6.62. The quantitative estimate of drug-likeness (QED) is 0.802. The van der Waals surface area contributed by atoms with Crippen LogP contribution in [-0.4, -0.2) is 33.9 Å². The van der Waals surface area contributed by atoms with Gasteiger partial charge in [0, 0.05) is 7.05 Å². The summed E-state index contributed by atoms with van der Waals surface area (Å²) < 4.78 is 12.5. The van der Waals surface area contributed by atoms with Crippen molar-refractivity contribution in [2.75, 3.05) is 5.32 Å². The van der Waals surface area contributed by atoms with Gasteiger partial charge in [-0.3, -0.25) is 9.48 Å². The number of nitrogens with zero attached hydrogens (tertiary/aromatic N) is 2. The Hall–Kier alpha value is -2.83. The number of amides is 1. The zero-order valence-electron chi connectivity index (χ0n) is 16.0.